The molecule has 60 valence electrons. The van der Waals surface area contributed by atoms with Crippen LogP contribution in [0, 0.1) is 0 Å². The zero-order valence-corrected chi connectivity index (χ0v) is 7.26. The van der Waals surface area contributed by atoms with Crippen molar-refractivity contribution in [2.45, 2.75) is 39.2 Å². The fourth-order valence-corrected chi connectivity index (χ4v) is 0.844. The maximum Gasteiger partial charge on any atom is 0.0603 e. The van der Waals surface area contributed by atoms with Crippen LogP contribution in [-0.4, -0.2) is 13.2 Å². The average molecular weight is 142 g/mol. The van der Waals surface area contributed by atoms with Crippen molar-refractivity contribution in [3.8, 4) is 0 Å². The van der Waals surface area contributed by atoms with Crippen LogP contribution in [0.25, 0.3) is 0 Å². The zero-order chi connectivity index (χ0) is 7.82. The standard InChI is InChI=1S/C9H18O/c1-4-6-7-8-9(5-2)10-3/h6-7,9H,4-5,8H2,1-3H3/b7-6+. The Balaban J connectivity index is 3.34. The normalized spacial score (nSPS) is 14.3. The van der Waals surface area contributed by atoms with Crippen LogP contribution in [-0.2, 0) is 4.74 Å². The summed E-state index contributed by atoms with van der Waals surface area (Å²) in [5.74, 6) is 0. The first-order valence-electron chi connectivity index (χ1n) is 4.02. The van der Waals surface area contributed by atoms with Crippen LogP contribution in [0.15, 0.2) is 12.2 Å². The molecular weight excluding hydrogens is 124 g/mol. The van der Waals surface area contributed by atoms with Gasteiger partial charge in [0, 0.05) is 7.11 Å². The second-order valence-corrected chi connectivity index (χ2v) is 2.38. The Morgan fingerprint density at radius 2 is 2.00 bits per heavy atom. The number of methoxy groups -OCH3 is 1. The molecule has 0 saturated heterocycles. The minimum Gasteiger partial charge on any atom is -0.381 e. The van der Waals surface area contributed by atoms with E-state index >= 15 is 0 Å². The summed E-state index contributed by atoms with van der Waals surface area (Å²) in [6.45, 7) is 4.29. The first-order valence-corrected chi connectivity index (χ1v) is 4.02. The topological polar surface area (TPSA) is 9.23 Å². The Morgan fingerprint density at radius 1 is 1.30 bits per heavy atom. The summed E-state index contributed by atoms with van der Waals surface area (Å²) in [5.41, 5.74) is 0. The zero-order valence-electron chi connectivity index (χ0n) is 7.26. The van der Waals surface area contributed by atoms with Gasteiger partial charge in [-0.2, -0.15) is 0 Å². The summed E-state index contributed by atoms with van der Waals surface area (Å²) in [5, 5.41) is 0. The van der Waals surface area contributed by atoms with E-state index in [1.807, 2.05) is 0 Å². The molecule has 0 aliphatic carbocycles. The lowest BCUT2D eigenvalue weighted by atomic mass is 10.2. The molecule has 0 aliphatic rings. The first kappa shape index (κ1) is 9.70. The van der Waals surface area contributed by atoms with Crippen molar-refractivity contribution < 1.29 is 4.74 Å². The number of hydrogen-bond acceptors (Lipinski definition) is 1. The summed E-state index contributed by atoms with van der Waals surface area (Å²) in [6, 6.07) is 0. The molecule has 10 heavy (non-hydrogen) atoms. The van der Waals surface area contributed by atoms with E-state index in [-0.39, 0.29) is 0 Å². The highest BCUT2D eigenvalue weighted by Crippen LogP contribution is 2.02. The van der Waals surface area contributed by atoms with E-state index in [2.05, 4.69) is 26.0 Å². The lowest BCUT2D eigenvalue weighted by Gasteiger charge is -2.08. The van der Waals surface area contributed by atoms with Gasteiger partial charge in [-0.05, 0) is 19.3 Å². The third-order valence-electron chi connectivity index (χ3n) is 1.59. The molecule has 0 saturated carbocycles. The van der Waals surface area contributed by atoms with Crippen molar-refractivity contribution in [1.29, 1.82) is 0 Å². The second kappa shape index (κ2) is 6.81. The van der Waals surface area contributed by atoms with Crippen LogP contribution >= 0.6 is 0 Å². The molecule has 0 heterocycles. The number of rotatable bonds is 5. The molecule has 0 amide bonds. The summed E-state index contributed by atoms with van der Waals surface area (Å²) in [6.07, 6.45) is 8.08. The molecule has 0 radical (unpaired) electrons. The van der Waals surface area contributed by atoms with Gasteiger partial charge in [-0.3, -0.25) is 0 Å². The molecule has 0 aromatic carbocycles. The first-order chi connectivity index (χ1) is 4.85. The largest absolute Gasteiger partial charge is 0.381 e. The Morgan fingerprint density at radius 3 is 2.40 bits per heavy atom. The van der Waals surface area contributed by atoms with Gasteiger partial charge in [0.05, 0.1) is 6.10 Å². The molecule has 1 heteroatoms. The van der Waals surface area contributed by atoms with E-state index < -0.39 is 0 Å². The monoisotopic (exact) mass is 142 g/mol. The molecule has 1 atom stereocenters. The van der Waals surface area contributed by atoms with E-state index in [1.54, 1.807) is 7.11 Å². The van der Waals surface area contributed by atoms with E-state index in [9.17, 15) is 0 Å². The number of ether oxygens (including phenoxy) is 1. The fourth-order valence-electron chi connectivity index (χ4n) is 0.844. The van der Waals surface area contributed by atoms with Gasteiger partial charge in [0.1, 0.15) is 0 Å². The van der Waals surface area contributed by atoms with Crippen molar-refractivity contribution in [1.82, 2.24) is 0 Å². The average Bonchev–Trinajstić information content (AvgIpc) is 1.99. The third-order valence-corrected chi connectivity index (χ3v) is 1.59. The highest BCUT2D eigenvalue weighted by atomic mass is 16.5. The SMILES string of the molecule is CC/C=C/CC(CC)OC. The highest BCUT2D eigenvalue weighted by Gasteiger charge is 1.98. The van der Waals surface area contributed by atoms with Crippen molar-refractivity contribution in [2.24, 2.45) is 0 Å². The van der Waals surface area contributed by atoms with E-state index in [1.165, 1.54) is 0 Å². The summed E-state index contributed by atoms with van der Waals surface area (Å²) in [7, 11) is 1.77. The van der Waals surface area contributed by atoms with Gasteiger partial charge < -0.3 is 4.74 Å². The van der Waals surface area contributed by atoms with Crippen molar-refractivity contribution >= 4 is 0 Å². The van der Waals surface area contributed by atoms with Crippen LogP contribution in [0.5, 0.6) is 0 Å². The van der Waals surface area contributed by atoms with Crippen molar-refractivity contribution in [2.75, 3.05) is 7.11 Å². The van der Waals surface area contributed by atoms with Crippen LogP contribution in [0.3, 0.4) is 0 Å². The molecule has 0 aliphatic heterocycles. The second-order valence-electron chi connectivity index (χ2n) is 2.38. The lowest BCUT2D eigenvalue weighted by molar-refractivity contribution is 0.102. The number of hydrogen-bond donors (Lipinski definition) is 0. The van der Waals surface area contributed by atoms with E-state index in [0.717, 1.165) is 19.3 Å². The maximum absolute atomic E-state index is 5.19. The summed E-state index contributed by atoms with van der Waals surface area (Å²) < 4.78 is 5.19. The molecule has 0 N–H and O–H groups in total. The Labute approximate surface area is 64.1 Å². The van der Waals surface area contributed by atoms with Gasteiger partial charge in [0.25, 0.3) is 0 Å². The predicted octanol–water partition coefficient (Wildman–Crippen LogP) is 2.77. The van der Waals surface area contributed by atoms with Gasteiger partial charge in [-0.15, -0.1) is 0 Å². The number of allylic oxidation sites excluding steroid dienone is 1. The van der Waals surface area contributed by atoms with E-state index in [0.29, 0.717) is 6.10 Å². The van der Waals surface area contributed by atoms with Gasteiger partial charge in [0.2, 0.25) is 0 Å². The highest BCUT2D eigenvalue weighted by molar-refractivity contribution is 4.82. The molecule has 0 spiro atoms. The minimum absolute atomic E-state index is 0.419. The van der Waals surface area contributed by atoms with E-state index in [4.69, 9.17) is 4.74 Å². The Bertz CT molecular complexity index is 82.7. The van der Waals surface area contributed by atoms with Crippen molar-refractivity contribution in [3.63, 3.8) is 0 Å². The molecule has 0 fully saturated rings. The molecule has 1 nitrogen and oxygen atoms in total. The molecule has 0 bridgehead atoms. The molecular formula is C9H18O. The smallest absolute Gasteiger partial charge is 0.0603 e. The van der Waals surface area contributed by atoms with Gasteiger partial charge in [-0.25, -0.2) is 0 Å². The quantitative estimate of drug-likeness (QED) is 0.536. The minimum atomic E-state index is 0.419. The molecule has 0 rings (SSSR count). The molecule has 1 unspecified atom stereocenters. The Hall–Kier alpha value is -0.300. The lowest BCUT2D eigenvalue weighted by Crippen LogP contribution is -2.06. The fraction of sp³-hybridized carbons (Fsp3) is 0.778. The van der Waals surface area contributed by atoms with Crippen LogP contribution in [0.4, 0.5) is 0 Å². The predicted molar refractivity (Wildman–Crippen MR) is 45.1 cm³/mol. The van der Waals surface area contributed by atoms with Gasteiger partial charge in [-0.1, -0.05) is 26.0 Å². The molecule has 0 aromatic heterocycles. The molecule has 0 aromatic rings. The third kappa shape index (κ3) is 4.57. The summed E-state index contributed by atoms with van der Waals surface area (Å²) in [4.78, 5) is 0. The van der Waals surface area contributed by atoms with Crippen LogP contribution < -0.4 is 0 Å². The maximum atomic E-state index is 5.19. The van der Waals surface area contributed by atoms with Crippen molar-refractivity contribution in [3.05, 3.63) is 12.2 Å². The Kier molecular flexibility index (Phi) is 6.61. The van der Waals surface area contributed by atoms with Gasteiger partial charge >= 0.3 is 0 Å². The van der Waals surface area contributed by atoms with Crippen LogP contribution in [0.1, 0.15) is 33.1 Å². The van der Waals surface area contributed by atoms with Crippen LogP contribution in [0.2, 0.25) is 0 Å². The summed E-state index contributed by atoms with van der Waals surface area (Å²) >= 11 is 0. The van der Waals surface area contributed by atoms with Gasteiger partial charge in [0.15, 0.2) is 0 Å².